The van der Waals surface area contributed by atoms with Gasteiger partial charge < -0.3 is 4.74 Å². The molecule has 0 saturated carbocycles. The predicted molar refractivity (Wildman–Crippen MR) is 87.0 cm³/mol. The summed E-state index contributed by atoms with van der Waals surface area (Å²) in [5, 5.41) is 3.69. The van der Waals surface area contributed by atoms with Crippen LogP contribution in [0.2, 0.25) is 5.02 Å². The fraction of sp³-hybridized carbons (Fsp3) is 0.400. The smallest absolute Gasteiger partial charge is 0.122 e. The molecule has 1 aromatic heterocycles. The van der Waals surface area contributed by atoms with Crippen molar-refractivity contribution in [3.8, 4) is 0 Å². The maximum atomic E-state index is 12.2. The molecule has 1 aliphatic rings. The third kappa shape index (κ3) is 4.13. The fourth-order valence-electron chi connectivity index (χ4n) is 2.34. The molecule has 3 rings (SSSR count). The Hall–Kier alpha value is -0.750. The molecule has 1 aliphatic heterocycles. The molecule has 0 bridgehead atoms. The minimum atomic E-state index is -0.974. The zero-order valence-corrected chi connectivity index (χ0v) is 13.8. The van der Waals surface area contributed by atoms with Crippen LogP contribution in [0.4, 0.5) is 0 Å². The highest BCUT2D eigenvalue weighted by Gasteiger charge is 2.21. The molecule has 2 heterocycles. The van der Waals surface area contributed by atoms with Crippen LogP contribution >= 0.6 is 22.9 Å². The van der Waals surface area contributed by atoms with Gasteiger partial charge in [-0.25, -0.2) is 4.98 Å². The highest BCUT2D eigenvalue weighted by Crippen LogP contribution is 2.30. The molecule has 3 nitrogen and oxygen atoms in total. The van der Waals surface area contributed by atoms with E-state index in [4.69, 9.17) is 16.3 Å². The van der Waals surface area contributed by atoms with Crippen molar-refractivity contribution in [1.29, 1.82) is 0 Å². The molecule has 0 aliphatic carbocycles. The molecule has 2 atom stereocenters. The molecule has 1 fully saturated rings. The molecular weight excluding hydrogens is 326 g/mol. The first kappa shape index (κ1) is 15.2. The van der Waals surface area contributed by atoms with Gasteiger partial charge in [-0.1, -0.05) is 23.7 Å². The van der Waals surface area contributed by atoms with Crippen molar-refractivity contribution in [3.05, 3.63) is 50.9 Å². The minimum absolute atomic E-state index is 0.144. The van der Waals surface area contributed by atoms with Gasteiger partial charge in [0, 0.05) is 33.6 Å². The highest BCUT2D eigenvalue weighted by atomic mass is 35.5. The van der Waals surface area contributed by atoms with Crippen LogP contribution in [0.1, 0.15) is 35.2 Å². The van der Waals surface area contributed by atoms with Crippen LogP contribution < -0.4 is 0 Å². The van der Waals surface area contributed by atoms with E-state index in [1.165, 1.54) is 0 Å². The van der Waals surface area contributed by atoms with Gasteiger partial charge in [0.25, 0.3) is 0 Å². The number of thiazole rings is 1. The summed E-state index contributed by atoms with van der Waals surface area (Å²) < 4.78 is 17.8. The Morgan fingerprint density at radius 3 is 3.10 bits per heavy atom. The molecule has 112 valence electrons. The molecular formula is C15H16ClNO2S2. The summed E-state index contributed by atoms with van der Waals surface area (Å²) >= 11 is 7.55. The first-order valence-corrected chi connectivity index (χ1v) is 9.60. The largest absolute Gasteiger partial charge is 0.371 e. The number of halogens is 1. The number of hydrogen-bond donors (Lipinski definition) is 0. The van der Waals surface area contributed by atoms with E-state index in [9.17, 15) is 4.21 Å². The van der Waals surface area contributed by atoms with E-state index in [0.29, 0.717) is 16.5 Å². The van der Waals surface area contributed by atoms with Gasteiger partial charge in [0.05, 0.1) is 11.4 Å². The Labute approximate surface area is 135 Å². The molecule has 0 radical (unpaired) electrons. The lowest BCUT2D eigenvalue weighted by Crippen LogP contribution is -2.01. The van der Waals surface area contributed by atoms with E-state index < -0.39 is 10.8 Å². The van der Waals surface area contributed by atoms with Crippen molar-refractivity contribution >= 4 is 33.7 Å². The third-order valence-electron chi connectivity index (χ3n) is 3.30. The summed E-state index contributed by atoms with van der Waals surface area (Å²) in [6.45, 7) is 0.820. The van der Waals surface area contributed by atoms with Crippen molar-refractivity contribution in [2.75, 3.05) is 6.61 Å². The van der Waals surface area contributed by atoms with Crippen LogP contribution in [0.15, 0.2) is 29.6 Å². The third-order valence-corrected chi connectivity index (χ3v) is 5.79. The molecule has 1 saturated heterocycles. The maximum Gasteiger partial charge on any atom is 0.122 e. The van der Waals surface area contributed by atoms with Crippen LogP contribution in [-0.4, -0.2) is 15.8 Å². The second-order valence-corrected chi connectivity index (χ2v) is 7.82. The van der Waals surface area contributed by atoms with Crippen molar-refractivity contribution in [2.24, 2.45) is 0 Å². The van der Waals surface area contributed by atoms with Crippen LogP contribution in [-0.2, 0) is 27.0 Å². The van der Waals surface area contributed by atoms with Gasteiger partial charge in [0.1, 0.15) is 11.1 Å². The van der Waals surface area contributed by atoms with Crippen molar-refractivity contribution < 1.29 is 8.95 Å². The monoisotopic (exact) mass is 341 g/mol. The van der Waals surface area contributed by atoms with Crippen LogP contribution in [0.5, 0.6) is 0 Å². The van der Waals surface area contributed by atoms with E-state index in [0.717, 1.165) is 35.7 Å². The fourth-order valence-corrected chi connectivity index (χ4v) is 4.69. The van der Waals surface area contributed by atoms with E-state index >= 15 is 0 Å². The van der Waals surface area contributed by atoms with Gasteiger partial charge >= 0.3 is 0 Å². The number of nitrogens with zero attached hydrogens (tertiary/aromatic N) is 1. The Bertz CT molecular complexity index is 638. The van der Waals surface area contributed by atoms with Gasteiger partial charge in [0.2, 0.25) is 0 Å². The Morgan fingerprint density at radius 2 is 2.33 bits per heavy atom. The number of aromatic nitrogens is 1. The standard InChI is InChI=1S/C15H16ClNO2S2/c16-12-4-1-3-11(7-12)9-21(18)10-13-8-20-15(17-13)14-5-2-6-19-14/h1,3-4,7-8,14H,2,5-6,9-10H2/t14-,21-/m1/s1. The normalized spacial score (nSPS) is 19.8. The molecule has 0 unspecified atom stereocenters. The summed E-state index contributed by atoms with van der Waals surface area (Å²) in [6, 6.07) is 7.51. The van der Waals surface area contributed by atoms with Gasteiger partial charge in [-0.05, 0) is 30.5 Å². The summed E-state index contributed by atoms with van der Waals surface area (Å²) in [6.07, 6.45) is 2.28. The van der Waals surface area contributed by atoms with Crippen LogP contribution in [0.25, 0.3) is 0 Å². The molecule has 21 heavy (non-hydrogen) atoms. The van der Waals surface area contributed by atoms with Gasteiger partial charge in [-0.2, -0.15) is 0 Å². The van der Waals surface area contributed by atoms with Gasteiger partial charge in [-0.3, -0.25) is 4.21 Å². The quantitative estimate of drug-likeness (QED) is 0.822. The van der Waals surface area contributed by atoms with E-state index in [1.807, 2.05) is 29.6 Å². The van der Waals surface area contributed by atoms with Crippen molar-refractivity contribution in [2.45, 2.75) is 30.5 Å². The van der Waals surface area contributed by atoms with E-state index in [1.54, 1.807) is 11.3 Å². The average Bonchev–Trinajstić information content (AvgIpc) is 3.08. The number of hydrogen-bond acceptors (Lipinski definition) is 4. The minimum Gasteiger partial charge on any atom is -0.371 e. The van der Waals surface area contributed by atoms with E-state index in [-0.39, 0.29) is 6.10 Å². The number of benzene rings is 1. The van der Waals surface area contributed by atoms with Crippen molar-refractivity contribution in [3.63, 3.8) is 0 Å². The summed E-state index contributed by atoms with van der Waals surface area (Å²) in [7, 11) is -0.974. The molecule has 1 aromatic carbocycles. The Kier molecular flexibility index (Phi) is 5.06. The maximum absolute atomic E-state index is 12.2. The predicted octanol–water partition coefficient (Wildman–Crippen LogP) is 4.10. The van der Waals surface area contributed by atoms with Gasteiger partial charge in [0.15, 0.2) is 0 Å². The first-order chi connectivity index (χ1) is 10.2. The lowest BCUT2D eigenvalue weighted by molar-refractivity contribution is 0.111. The molecule has 2 aromatic rings. The molecule has 0 spiro atoms. The Balaban J connectivity index is 1.59. The average molecular weight is 342 g/mol. The topological polar surface area (TPSA) is 39.2 Å². The lowest BCUT2D eigenvalue weighted by Gasteiger charge is -2.04. The number of ether oxygens (including phenoxy) is 1. The zero-order chi connectivity index (χ0) is 14.7. The summed E-state index contributed by atoms with van der Waals surface area (Å²) in [4.78, 5) is 4.57. The first-order valence-electron chi connectivity index (χ1n) is 6.86. The summed E-state index contributed by atoms with van der Waals surface area (Å²) in [5.41, 5.74) is 1.89. The molecule has 6 heteroatoms. The highest BCUT2D eigenvalue weighted by molar-refractivity contribution is 7.83. The second-order valence-electron chi connectivity index (χ2n) is 5.04. The van der Waals surface area contributed by atoms with E-state index in [2.05, 4.69) is 4.98 Å². The number of rotatable bonds is 5. The van der Waals surface area contributed by atoms with Crippen molar-refractivity contribution in [1.82, 2.24) is 4.98 Å². The molecule has 0 amide bonds. The zero-order valence-electron chi connectivity index (χ0n) is 11.5. The SMILES string of the molecule is O=[S@](Cc1cccc(Cl)c1)Cc1csc([C@H]2CCCO2)n1. The van der Waals surface area contributed by atoms with Crippen LogP contribution in [0, 0.1) is 0 Å². The summed E-state index contributed by atoms with van der Waals surface area (Å²) in [5.74, 6) is 0.989. The molecule has 0 N–H and O–H groups in total. The van der Waals surface area contributed by atoms with Gasteiger partial charge in [-0.15, -0.1) is 11.3 Å². The van der Waals surface area contributed by atoms with Crippen LogP contribution in [0.3, 0.4) is 0 Å². The Morgan fingerprint density at radius 1 is 1.43 bits per heavy atom. The second kappa shape index (κ2) is 7.01. The lowest BCUT2D eigenvalue weighted by atomic mass is 10.2.